The van der Waals surface area contributed by atoms with Gasteiger partial charge in [0, 0.05) is 12.6 Å². The number of imidazole rings is 1. The maximum Gasteiger partial charge on any atom is 0.337 e. The van der Waals surface area contributed by atoms with E-state index in [1.165, 1.54) is 0 Å². The SMILES string of the molecule is CC1CN(C)CCC1n1cnc2c(C(=O)O)cccc21. The van der Waals surface area contributed by atoms with Crippen LogP contribution in [-0.4, -0.2) is 45.7 Å². The first-order valence-corrected chi connectivity index (χ1v) is 6.95. The van der Waals surface area contributed by atoms with E-state index >= 15 is 0 Å². The molecule has 2 aromatic rings. The highest BCUT2D eigenvalue weighted by Crippen LogP contribution is 2.31. The van der Waals surface area contributed by atoms with Crippen LogP contribution in [0.4, 0.5) is 0 Å². The second-order valence-electron chi connectivity index (χ2n) is 5.73. The summed E-state index contributed by atoms with van der Waals surface area (Å²) in [6.45, 7) is 4.36. The lowest BCUT2D eigenvalue weighted by Gasteiger charge is -2.35. The van der Waals surface area contributed by atoms with E-state index in [1.807, 2.05) is 6.07 Å². The number of likely N-dealkylation sites (tertiary alicyclic amines) is 1. The van der Waals surface area contributed by atoms with Gasteiger partial charge in [0.05, 0.1) is 17.4 Å². The maximum atomic E-state index is 11.3. The molecule has 1 aromatic heterocycles. The molecule has 5 heteroatoms. The van der Waals surface area contributed by atoms with Crippen LogP contribution in [0.3, 0.4) is 0 Å². The quantitative estimate of drug-likeness (QED) is 0.911. The van der Waals surface area contributed by atoms with Crippen LogP contribution in [0, 0.1) is 5.92 Å². The predicted octanol–water partition coefficient (Wildman–Crippen LogP) is 2.25. The number of carboxylic acids is 1. The summed E-state index contributed by atoms with van der Waals surface area (Å²) < 4.78 is 2.15. The van der Waals surface area contributed by atoms with Crippen LogP contribution in [0.25, 0.3) is 11.0 Å². The van der Waals surface area contributed by atoms with Gasteiger partial charge in [-0.1, -0.05) is 13.0 Å². The normalized spacial score (nSPS) is 24.1. The van der Waals surface area contributed by atoms with Crippen molar-refractivity contribution in [2.75, 3.05) is 20.1 Å². The van der Waals surface area contributed by atoms with E-state index in [0.29, 0.717) is 17.5 Å². The molecular weight excluding hydrogens is 254 g/mol. The Balaban J connectivity index is 2.05. The maximum absolute atomic E-state index is 11.3. The highest BCUT2D eigenvalue weighted by Gasteiger charge is 2.27. The molecule has 0 radical (unpaired) electrons. The third-order valence-electron chi connectivity index (χ3n) is 4.25. The standard InChI is InChI=1S/C15H19N3O2/c1-10-8-17(2)7-6-12(10)18-9-16-14-11(15(19)20)4-3-5-13(14)18/h3-5,9-10,12H,6-8H2,1-2H3,(H,19,20). The molecule has 1 fully saturated rings. The number of carboxylic acid groups (broad SMARTS) is 1. The molecule has 0 amide bonds. The van der Waals surface area contributed by atoms with Crippen molar-refractivity contribution in [2.45, 2.75) is 19.4 Å². The summed E-state index contributed by atoms with van der Waals surface area (Å²) in [5.74, 6) is -0.392. The second-order valence-corrected chi connectivity index (χ2v) is 5.73. The molecule has 106 valence electrons. The Morgan fingerprint density at radius 2 is 2.25 bits per heavy atom. The largest absolute Gasteiger partial charge is 0.478 e. The molecule has 20 heavy (non-hydrogen) atoms. The van der Waals surface area contributed by atoms with Gasteiger partial charge in [-0.05, 0) is 38.1 Å². The average Bonchev–Trinajstić information content (AvgIpc) is 2.82. The molecule has 5 nitrogen and oxygen atoms in total. The van der Waals surface area contributed by atoms with Crippen LogP contribution >= 0.6 is 0 Å². The molecule has 2 heterocycles. The Hall–Kier alpha value is -1.88. The van der Waals surface area contributed by atoms with Crippen molar-refractivity contribution in [3.8, 4) is 0 Å². The van der Waals surface area contributed by atoms with Gasteiger partial charge in [0.2, 0.25) is 0 Å². The Labute approximate surface area is 117 Å². The van der Waals surface area contributed by atoms with Crippen LogP contribution in [0.5, 0.6) is 0 Å². The lowest BCUT2D eigenvalue weighted by Crippen LogP contribution is -2.37. The molecule has 1 N–H and O–H groups in total. The first kappa shape index (κ1) is 13.1. The van der Waals surface area contributed by atoms with E-state index in [0.717, 1.165) is 25.0 Å². The topological polar surface area (TPSA) is 58.4 Å². The number of rotatable bonds is 2. The monoisotopic (exact) mass is 273 g/mol. The fourth-order valence-electron chi connectivity index (χ4n) is 3.25. The number of benzene rings is 1. The summed E-state index contributed by atoms with van der Waals surface area (Å²) in [6.07, 6.45) is 2.87. The summed E-state index contributed by atoms with van der Waals surface area (Å²) in [4.78, 5) is 17.9. The number of para-hydroxylation sites is 1. The Morgan fingerprint density at radius 3 is 2.95 bits per heavy atom. The highest BCUT2D eigenvalue weighted by atomic mass is 16.4. The molecule has 1 aliphatic rings. The summed E-state index contributed by atoms with van der Waals surface area (Å²) in [6, 6.07) is 5.75. The fourth-order valence-corrected chi connectivity index (χ4v) is 3.25. The van der Waals surface area contributed by atoms with Crippen molar-refractivity contribution in [3.05, 3.63) is 30.1 Å². The zero-order valence-corrected chi connectivity index (χ0v) is 11.8. The highest BCUT2D eigenvalue weighted by molar-refractivity contribution is 6.00. The third-order valence-corrected chi connectivity index (χ3v) is 4.25. The van der Waals surface area contributed by atoms with Gasteiger partial charge in [0.25, 0.3) is 0 Å². The van der Waals surface area contributed by atoms with E-state index in [9.17, 15) is 9.90 Å². The third kappa shape index (κ3) is 2.08. The zero-order chi connectivity index (χ0) is 14.3. The minimum absolute atomic E-state index is 0.279. The number of hydrogen-bond acceptors (Lipinski definition) is 3. The van der Waals surface area contributed by atoms with Crippen LogP contribution in [0.1, 0.15) is 29.7 Å². The Kier molecular flexibility index (Phi) is 3.22. The molecule has 1 saturated heterocycles. The van der Waals surface area contributed by atoms with Crippen molar-refractivity contribution >= 4 is 17.0 Å². The van der Waals surface area contributed by atoms with Crippen molar-refractivity contribution < 1.29 is 9.90 Å². The summed E-state index contributed by atoms with van der Waals surface area (Å²) in [7, 11) is 2.14. The smallest absolute Gasteiger partial charge is 0.337 e. The predicted molar refractivity (Wildman–Crippen MR) is 77.0 cm³/mol. The van der Waals surface area contributed by atoms with E-state index in [-0.39, 0.29) is 5.56 Å². The van der Waals surface area contributed by atoms with E-state index in [1.54, 1.807) is 18.5 Å². The molecule has 3 rings (SSSR count). The summed E-state index contributed by atoms with van der Waals surface area (Å²) in [5.41, 5.74) is 1.79. The van der Waals surface area contributed by atoms with Crippen molar-refractivity contribution in [1.82, 2.24) is 14.5 Å². The first-order chi connectivity index (χ1) is 9.58. The van der Waals surface area contributed by atoms with Crippen LogP contribution < -0.4 is 0 Å². The molecule has 0 saturated carbocycles. The van der Waals surface area contributed by atoms with Crippen LogP contribution in [-0.2, 0) is 0 Å². The van der Waals surface area contributed by atoms with Crippen molar-refractivity contribution in [3.63, 3.8) is 0 Å². The molecular formula is C15H19N3O2. The Bertz CT molecular complexity index is 650. The lowest BCUT2D eigenvalue weighted by molar-refractivity contribution is 0.0699. The van der Waals surface area contributed by atoms with E-state index < -0.39 is 5.97 Å². The average molecular weight is 273 g/mol. The van der Waals surface area contributed by atoms with Crippen molar-refractivity contribution in [2.24, 2.45) is 5.92 Å². The van der Waals surface area contributed by atoms with Gasteiger partial charge in [-0.2, -0.15) is 0 Å². The van der Waals surface area contributed by atoms with Gasteiger partial charge >= 0.3 is 5.97 Å². The number of piperidine rings is 1. The number of carbonyl (C=O) groups is 1. The molecule has 2 atom stereocenters. The molecule has 0 aliphatic carbocycles. The summed E-state index contributed by atoms with van der Waals surface area (Å²) >= 11 is 0. The van der Waals surface area contributed by atoms with Gasteiger partial charge in [0.1, 0.15) is 5.52 Å². The zero-order valence-electron chi connectivity index (χ0n) is 11.8. The minimum Gasteiger partial charge on any atom is -0.478 e. The Morgan fingerprint density at radius 1 is 1.45 bits per heavy atom. The van der Waals surface area contributed by atoms with Crippen LogP contribution in [0.2, 0.25) is 0 Å². The number of aromatic nitrogens is 2. The lowest BCUT2D eigenvalue weighted by atomic mass is 9.94. The molecule has 1 aliphatic heterocycles. The minimum atomic E-state index is -0.919. The van der Waals surface area contributed by atoms with Gasteiger partial charge in [-0.15, -0.1) is 0 Å². The van der Waals surface area contributed by atoms with E-state index in [2.05, 4.69) is 28.4 Å². The molecule has 1 aromatic carbocycles. The number of nitrogens with zero attached hydrogens (tertiary/aromatic N) is 3. The number of fused-ring (bicyclic) bond motifs is 1. The van der Waals surface area contributed by atoms with Gasteiger partial charge in [-0.25, -0.2) is 9.78 Å². The van der Waals surface area contributed by atoms with E-state index in [4.69, 9.17) is 0 Å². The molecule has 0 spiro atoms. The second kappa shape index (κ2) is 4.90. The van der Waals surface area contributed by atoms with Gasteiger partial charge in [0.15, 0.2) is 0 Å². The molecule has 2 unspecified atom stereocenters. The fraction of sp³-hybridized carbons (Fsp3) is 0.467. The number of aromatic carboxylic acids is 1. The molecule has 0 bridgehead atoms. The van der Waals surface area contributed by atoms with Crippen molar-refractivity contribution in [1.29, 1.82) is 0 Å². The summed E-state index contributed by atoms with van der Waals surface area (Å²) in [5, 5.41) is 9.23. The van der Waals surface area contributed by atoms with Gasteiger partial charge < -0.3 is 14.6 Å². The first-order valence-electron chi connectivity index (χ1n) is 6.95. The van der Waals surface area contributed by atoms with Crippen LogP contribution in [0.15, 0.2) is 24.5 Å². The van der Waals surface area contributed by atoms with Gasteiger partial charge in [-0.3, -0.25) is 0 Å². The number of hydrogen-bond donors (Lipinski definition) is 1.